The van der Waals surface area contributed by atoms with Gasteiger partial charge in [0.15, 0.2) is 0 Å². The Kier molecular flexibility index (Phi) is 25.4. The van der Waals surface area contributed by atoms with Crippen LogP contribution in [0.15, 0.2) is 0 Å². The Bertz CT molecular complexity index is 1750. The van der Waals surface area contributed by atoms with Gasteiger partial charge in [0.2, 0.25) is 0 Å². The van der Waals surface area contributed by atoms with Crippen LogP contribution in [-0.2, 0) is 18.6 Å². The van der Waals surface area contributed by atoms with Crippen LogP contribution in [0.4, 0.5) is 0 Å². The Morgan fingerprint density at radius 2 is 0.400 bits per heavy atom. The second-order valence-corrected chi connectivity index (χ2v) is 4.02. The van der Waals surface area contributed by atoms with Gasteiger partial charge in [-0.25, -0.2) is 5.92 Å². The summed E-state index contributed by atoms with van der Waals surface area (Å²) in [6.07, 6.45) is 11.5. The summed E-state index contributed by atoms with van der Waals surface area (Å²) in [7, 11) is 0. The molecule has 0 aliphatic carbocycles. The number of hydrogen-bond donors (Lipinski definition) is 0. The second-order valence-electron chi connectivity index (χ2n) is 4.02. The summed E-state index contributed by atoms with van der Waals surface area (Å²) in [6, 6.07) is 0. The van der Waals surface area contributed by atoms with Crippen molar-refractivity contribution in [3.8, 4) is 196 Å². The molecule has 0 aromatic carbocycles. The van der Waals surface area contributed by atoms with Crippen LogP contribution in [-0.4, -0.2) is 0 Å². The van der Waals surface area contributed by atoms with Gasteiger partial charge in [-0.05, 0) is 94.7 Å². The van der Waals surface area contributed by atoms with Crippen LogP contribution in [0, 0.1) is 202 Å². The summed E-state index contributed by atoms with van der Waals surface area (Å²) in [6.45, 7) is 0. The van der Waals surface area contributed by atoms with Gasteiger partial charge in [-0.15, -0.1) is 12.3 Å². The molecule has 0 unspecified atom stereocenters. The first kappa shape index (κ1) is 30.3. The van der Waals surface area contributed by atoms with Crippen LogP contribution in [0.5, 0.6) is 0 Å². The van der Waals surface area contributed by atoms with Crippen molar-refractivity contribution in [2.45, 2.75) is 0 Å². The Labute approximate surface area is 220 Å². The van der Waals surface area contributed by atoms with Crippen LogP contribution >= 0.6 is 0 Å². The predicted octanol–water partition coefficient (Wildman–Crippen LogP) is 0.258. The third-order valence-corrected chi connectivity index (χ3v) is 1.95. The maximum Gasteiger partial charge on any atom is 0 e. The van der Waals surface area contributed by atoms with E-state index in [2.05, 4.69) is 184 Å². The van der Waals surface area contributed by atoms with E-state index in [0.29, 0.717) is 0 Å². The maximum absolute atomic E-state index is 6.54. The molecule has 1 heteroatoms. The zero-order chi connectivity index (χ0) is 24.6. The molecule has 0 atom stereocenters. The molecule has 0 aliphatic heterocycles. The average molecular weight is 460 g/mol. The van der Waals surface area contributed by atoms with E-state index in [1.165, 1.54) is 0 Å². The maximum atomic E-state index is 6.54. The van der Waals surface area contributed by atoms with E-state index >= 15 is 0 Å². The Balaban J connectivity index is 0. The van der Waals surface area contributed by atoms with Crippen LogP contribution in [0.25, 0.3) is 0 Å². The zero-order valence-corrected chi connectivity index (χ0v) is 18.9. The van der Waals surface area contributed by atoms with Crippen molar-refractivity contribution >= 4 is 0 Å². The first-order valence-electron chi connectivity index (χ1n) is 8.29. The fraction of sp³-hybridized carbons (Fsp3) is 0. The van der Waals surface area contributed by atoms with Crippen molar-refractivity contribution in [2.24, 2.45) is 0 Å². The molecule has 0 heterocycles. The van der Waals surface area contributed by atoms with Crippen molar-refractivity contribution in [1.82, 2.24) is 0 Å². The van der Waals surface area contributed by atoms with Gasteiger partial charge < -0.3 is 6.42 Å². The van der Waals surface area contributed by atoms with E-state index in [9.17, 15) is 0 Å². The summed E-state index contributed by atoms with van der Waals surface area (Å²) < 4.78 is 0. The molecule has 0 N–H and O–H groups in total. The molecule has 0 saturated carbocycles. The predicted molar refractivity (Wildman–Crippen MR) is 133 cm³/mol. The number of rotatable bonds is 0. The van der Waals surface area contributed by atoms with Crippen LogP contribution in [0.3, 0.4) is 0 Å². The van der Waals surface area contributed by atoms with Gasteiger partial charge >= 0.3 is 0 Å². The summed E-state index contributed by atoms with van der Waals surface area (Å²) in [5.74, 6) is 77.5. The van der Waals surface area contributed by atoms with Crippen molar-refractivity contribution in [3.05, 3.63) is 6.42 Å². The molecule has 0 aromatic rings. The summed E-state index contributed by atoms with van der Waals surface area (Å²) in [5, 5.41) is 0. The van der Waals surface area contributed by atoms with Gasteiger partial charge in [0.1, 0.15) is 0 Å². The van der Waals surface area contributed by atoms with Crippen LogP contribution in [0.1, 0.15) is 0 Å². The van der Waals surface area contributed by atoms with E-state index < -0.39 is 0 Å². The number of terminal acetylenes is 1. The van der Waals surface area contributed by atoms with Crippen molar-refractivity contribution < 1.29 is 18.6 Å². The third-order valence-electron chi connectivity index (χ3n) is 1.95. The fourth-order valence-electron chi connectivity index (χ4n) is 0.942. The van der Waals surface area contributed by atoms with Gasteiger partial charge in [0, 0.05) is 95.5 Å². The Morgan fingerprint density at radius 1 is 0.257 bits per heavy atom. The van der Waals surface area contributed by atoms with E-state index in [4.69, 9.17) is 12.8 Å². The molecule has 0 aliphatic rings. The average Bonchev–Trinajstić information content (AvgIpc) is 2.85. The van der Waals surface area contributed by atoms with E-state index in [1.807, 2.05) is 5.92 Å². The topological polar surface area (TPSA) is 0 Å². The molecule has 0 bridgehead atoms. The van der Waals surface area contributed by atoms with Gasteiger partial charge in [0.25, 0.3) is 0 Å². The molecule has 0 nitrogen and oxygen atoms in total. The summed E-state index contributed by atoms with van der Waals surface area (Å²) in [5.41, 5.74) is 0. The van der Waals surface area contributed by atoms with Gasteiger partial charge in [-0.1, -0.05) is 0 Å². The molecule has 35 heavy (non-hydrogen) atoms. The van der Waals surface area contributed by atoms with Crippen molar-refractivity contribution in [3.63, 3.8) is 0 Å². The Morgan fingerprint density at radius 3 is 0.543 bits per heavy atom. The standard InChI is InChI=1S/C34H.V/c1-3-5-7-9-11-13-15-17-19-21-23-25-27-29-31-33-34-32-30-28-26-24-22-20-18-16-14-12-10-8-6-4-2;/h1H;/q-1;. The molecule has 0 saturated heterocycles. The minimum Gasteiger partial charge on any atom is -0.358 e. The molecular formula is C34HV-. The van der Waals surface area contributed by atoms with Gasteiger partial charge in [-0.3, -0.25) is 5.92 Å². The molecule has 0 amide bonds. The minimum absolute atomic E-state index is 0. The molecule has 0 rings (SSSR count). The van der Waals surface area contributed by atoms with E-state index in [1.54, 1.807) is 0 Å². The van der Waals surface area contributed by atoms with Gasteiger partial charge in [0.05, 0.1) is 0 Å². The molecule has 0 fully saturated rings. The van der Waals surface area contributed by atoms with Crippen LogP contribution < -0.4 is 0 Å². The van der Waals surface area contributed by atoms with E-state index in [-0.39, 0.29) is 18.6 Å². The largest absolute Gasteiger partial charge is 0.358 e. The normalized spacial score (nSPS) is 3.71. The SMILES string of the molecule is [C-]#CC#CC#CC#CC#CC#CC#CC#CC#CC#CC#CC#CC#CC#CC#CC#CC#C.[V]. The first-order valence-corrected chi connectivity index (χ1v) is 8.29. The molecule has 0 aromatic heterocycles. The second kappa shape index (κ2) is 29.3. The molecular weight excluding hydrogens is 459 g/mol. The zero-order valence-electron chi connectivity index (χ0n) is 17.5. The molecule has 143 valence electrons. The summed E-state index contributed by atoms with van der Waals surface area (Å²) >= 11 is 0. The monoisotopic (exact) mass is 460 g/mol. The van der Waals surface area contributed by atoms with Crippen LogP contribution in [0.2, 0.25) is 0 Å². The molecule has 1 radical (unpaired) electrons. The van der Waals surface area contributed by atoms with Crippen molar-refractivity contribution in [2.75, 3.05) is 0 Å². The van der Waals surface area contributed by atoms with Gasteiger partial charge in [-0.2, -0.15) is 0 Å². The summed E-state index contributed by atoms with van der Waals surface area (Å²) in [4.78, 5) is 0. The van der Waals surface area contributed by atoms with E-state index in [0.717, 1.165) is 0 Å². The molecule has 0 spiro atoms. The fourth-order valence-corrected chi connectivity index (χ4v) is 0.942. The number of hydrogen-bond acceptors (Lipinski definition) is 0. The quantitative estimate of drug-likeness (QED) is 0.360. The Hall–Kier alpha value is -6.90. The minimum atomic E-state index is 0. The smallest absolute Gasteiger partial charge is 0 e. The van der Waals surface area contributed by atoms with Crippen molar-refractivity contribution in [1.29, 1.82) is 0 Å². The third kappa shape index (κ3) is 29.4. The first-order chi connectivity index (χ1) is 16.9.